The predicted octanol–water partition coefficient (Wildman–Crippen LogP) is 3.46. The molecule has 0 N–H and O–H groups in total. The van der Waals surface area contributed by atoms with Crippen LogP contribution in [0, 0.1) is 9.39 Å². The van der Waals surface area contributed by atoms with Gasteiger partial charge in [0, 0.05) is 3.57 Å². The second kappa shape index (κ2) is 3.92. The van der Waals surface area contributed by atoms with Crippen LogP contribution < -0.4 is 4.74 Å². The standard InChI is InChI=1S/C8H5F4IO/c1-14-7-5(8(10,11)12)2-4(13)3-6(7)9/h2-3H,1H3. The van der Waals surface area contributed by atoms with Crippen LogP contribution in [0.3, 0.4) is 0 Å². The van der Waals surface area contributed by atoms with E-state index in [2.05, 4.69) is 4.74 Å². The Hall–Kier alpha value is -0.530. The lowest BCUT2D eigenvalue weighted by molar-refractivity contribution is -0.139. The maximum absolute atomic E-state index is 13.0. The third-order valence-electron chi connectivity index (χ3n) is 1.52. The molecule has 0 aliphatic carbocycles. The van der Waals surface area contributed by atoms with Crippen molar-refractivity contribution in [3.8, 4) is 5.75 Å². The molecule has 0 unspecified atom stereocenters. The Kier molecular flexibility index (Phi) is 3.23. The molecule has 0 amide bonds. The fourth-order valence-electron chi connectivity index (χ4n) is 0.978. The lowest BCUT2D eigenvalue weighted by Crippen LogP contribution is -2.09. The van der Waals surface area contributed by atoms with Crippen LogP contribution in [-0.2, 0) is 6.18 Å². The number of halogens is 5. The van der Waals surface area contributed by atoms with E-state index in [1.54, 1.807) is 22.6 Å². The SMILES string of the molecule is COc1c(F)cc(I)cc1C(F)(F)F. The van der Waals surface area contributed by atoms with E-state index >= 15 is 0 Å². The Balaban J connectivity index is 3.40. The minimum atomic E-state index is -4.60. The van der Waals surface area contributed by atoms with Crippen LogP contribution >= 0.6 is 22.6 Å². The second-order valence-corrected chi connectivity index (χ2v) is 3.71. The molecular formula is C8H5F4IO. The van der Waals surface area contributed by atoms with Crippen LogP contribution in [0.1, 0.15) is 5.56 Å². The number of rotatable bonds is 1. The summed E-state index contributed by atoms with van der Waals surface area (Å²) >= 11 is 1.61. The highest BCUT2D eigenvalue weighted by Gasteiger charge is 2.36. The zero-order valence-electron chi connectivity index (χ0n) is 6.95. The number of alkyl halides is 3. The van der Waals surface area contributed by atoms with Gasteiger partial charge in [0.1, 0.15) is 5.56 Å². The second-order valence-electron chi connectivity index (χ2n) is 2.47. The molecule has 0 aliphatic rings. The topological polar surface area (TPSA) is 9.23 Å². The molecule has 0 aromatic heterocycles. The Morgan fingerprint density at radius 3 is 2.29 bits per heavy atom. The first-order valence-corrected chi connectivity index (χ1v) is 4.54. The molecule has 0 aliphatic heterocycles. The van der Waals surface area contributed by atoms with Crippen LogP contribution in [0.15, 0.2) is 12.1 Å². The summed E-state index contributed by atoms with van der Waals surface area (Å²) in [5.41, 5.74) is -1.09. The number of methoxy groups -OCH3 is 1. The third kappa shape index (κ3) is 2.28. The van der Waals surface area contributed by atoms with Gasteiger partial charge < -0.3 is 4.74 Å². The predicted molar refractivity (Wildman–Crippen MR) is 50.7 cm³/mol. The van der Waals surface area contributed by atoms with Gasteiger partial charge in [0.25, 0.3) is 0 Å². The molecule has 0 fully saturated rings. The quantitative estimate of drug-likeness (QED) is 0.569. The number of benzene rings is 1. The van der Waals surface area contributed by atoms with E-state index in [9.17, 15) is 17.6 Å². The summed E-state index contributed by atoms with van der Waals surface area (Å²) in [6.45, 7) is 0. The van der Waals surface area contributed by atoms with Crippen molar-refractivity contribution in [2.24, 2.45) is 0 Å². The Labute approximate surface area is 91.2 Å². The van der Waals surface area contributed by atoms with Gasteiger partial charge in [0.15, 0.2) is 11.6 Å². The molecule has 0 heterocycles. The Bertz CT molecular complexity index is 348. The summed E-state index contributed by atoms with van der Waals surface area (Å²) in [4.78, 5) is 0. The first-order valence-electron chi connectivity index (χ1n) is 3.46. The van der Waals surface area contributed by atoms with Crippen molar-refractivity contribution in [1.29, 1.82) is 0 Å². The molecule has 0 bridgehead atoms. The molecule has 0 radical (unpaired) electrons. The van der Waals surface area contributed by atoms with Crippen molar-refractivity contribution in [2.75, 3.05) is 7.11 Å². The zero-order valence-corrected chi connectivity index (χ0v) is 9.11. The highest BCUT2D eigenvalue weighted by atomic mass is 127. The average Bonchev–Trinajstić information content (AvgIpc) is 2.01. The maximum atomic E-state index is 13.0. The highest BCUT2D eigenvalue weighted by molar-refractivity contribution is 14.1. The zero-order chi connectivity index (χ0) is 10.9. The molecule has 14 heavy (non-hydrogen) atoms. The molecule has 1 aromatic rings. The fraction of sp³-hybridized carbons (Fsp3) is 0.250. The van der Waals surface area contributed by atoms with E-state index in [1.165, 1.54) is 0 Å². The molecule has 0 saturated carbocycles. The van der Waals surface area contributed by atoms with Crippen molar-refractivity contribution in [2.45, 2.75) is 6.18 Å². The van der Waals surface area contributed by atoms with Crippen LogP contribution in [0.5, 0.6) is 5.75 Å². The van der Waals surface area contributed by atoms with Gasteiger partial charge in [-0.25, -0.2) is 4.39 Å². The summed E-state index contributed by atoms with van der Waals surface area (Å²) in [6, 6.07) is 1.82. The van der Waals surface area contributed by atoms with Gasteiger partial charge in [-0.3, -0.25) is 0 Å². The Morgan fingerprint density at radius 2 is 1.86 bits per heavy atom. The van der Waals surface area contributed by atoms with Gasteiger partial charge >= 0.3 is 6.18 Å². The minimum Gasteiger partial charge on any atom is -0.493 e. The molecule has 0 atom stereocenters. The van der Waals surface area contributed by atoms with Crippen molar-refractivity contribution >= 4 is 22.6 Å². The first kappa shape index (κ1) is 11.5. The van der Waals surface area contributed by atoms with Crippen LogP contribution in [-0.4, -0.2) is 7.11 Å². The van der Waals surface area contributed by atoms with Gasteiger partial charge in [0.05, 0.1) is 7.11 Å². The fourth-order valence-corrected chi connectivity index (χ4v) is 1.56. The summed E-state index contributed by atoms with van der Waals surface area (Å²) in [5, 5.41) is 0. The van der Waals surface area contributed by atoms with Crippen LogP contribution in [0.2, 0.25) is 0 Å². The van der Waals surface area contributed by atoms with E-state index in [0.717, 1.165) is 19.2 Å². The largest absolute Gasteiger partial charge is 0.493 e. The molecular weight excluding hydrogens is 315 g/mol. The summed E-state index contributed by atoms with van der Waals surface area (Å²) in [5.74, 6) is -1.77. The Morgan fingerprint density at radius 1 is 1.29 bits per heavy atom. The van der Waals surface area contributed by atoms with E-state index in [-0.39, 0.29) is 3.57 Å². The lowest BCUT2D eigenvalue weighted by atomic mass is 10.2. The van der Waals surface area contributed by atoms with E-state index in [4.69, 9.17) is 0 Å². The van der Waals surface area contributed by atoms with Gasteiger partial charge in [-0.1, -0.05) is 0 Å². The van der Waals surface area contributed by atoms with Crippen molar-refractivity contribution < 1.29 is 22.3 Å². The van der Waals surface area contributed by atoms with E-state index in [1.807, 2.05) is 0 Å². The van der Waals surface area contributed by atoms with Gasteiger partial charge in [-0.15, -0.1) is 0 Å². The molecule has 0 spiro atoms. The normalized spacial score (nSPS) is 11.6. The summed E-state index contributed by atoms with van der Waals surface area (Å²) in [6.07, 6.45) is -4.60. The van der Waals surface area contributed by atoms with Crippen molar-refractivity contribution in [3.63, 3.8) is 0 Å². The number of hydrogen-bond acceptors (Lipinski definition) is 1. The molecule has 1 rings (SSSR count). The average molecular weight is 320 g/mol. The lowest BCUT2D eigenvalue weighted by Gasteiger charge is -2.12. The maximum Gasteiger partial charge on any atom is 0.420 e. The monoisotopic (exact) mass is 320 g/mol. The third-order valence-corrected chi connectivity index (χ3v) is 2.14. The van der Waals surface area contributed by atoms with Gasteiger partial charge in [0.2, 0.25) is 0 Å². The van der Waals surface area contributed by atoms with Gasteiger partial charge in [-0.2, -0.15) is 13.2 Å². The van der Waals surface area contributed by atoms with Crippen molar-refractivity contribution in [3.05, 3.63) is 27.1 Å². The molecule has 6 heteroatoms. The molecule has 1 aromatic carbocycles. The smallest absolute Gasteiger partial charge is 0.420 e. The molecule has 1 nitrogen and oxygen atoms in total. The minimum absolute atomic E-state index is 0.174. The van der Waals surface area contributed by atoms with Crippen molar-refractivity contribution in [1.82, 2.24) is 0 Å². The molecule has 78 valence electrons. The van der Waals surface area contributed by atoms with Crippen LogP contribution in [0.25, 0.3) is 0 Å². The summed E-state index contributed by atoms with van der Waals surface area (Å²) < 4.78 is 54.6. The highest BCUT2D eigenvalue weighted by Crippen LogP contribution is 2.38. The number of ether oxygens (including phenoxy) is 1. The van der Waals surface area contributed by atoms with E-state index < -0.39 is 23.3 Å². The number of hydrogen-bond donors (Lipinski definition) is 0. The molecule has 0 saturated heterocycles. The first-order chi connectivity index (χ1) is 6.36. The van der Waals surface area contributed by atoms with E-state index in [0.29, 0.717) is 0 Å². The summed E-state index contributed by atoms with van der Waals surface area (Å²) in [7, 11) is 1.00. The van der Waals surface area contributed by atoms with Gasteiger partial charge in [-0.05, 0) is 34.7 Å². The van der Waals surface area contributed by atoms with Crippen LogP contribution in [0.4, 0.5) is 17.6 Å².